The molecule has 1 amide bonds. The van der Waals surface area contributed by atoms with E-state index >= 15 is 0 Å². The fraction of sp³-hybridized carbons (Fsp3) is 0.417. The average Bonchev–Trinajstić information content (AvgIpc) is 2.88. The number of piperidine rings is 1. The number of benzene rings is 2. The molecule has 2 aromatic carbocycles. The Bertz CT molecular complexity index is 1220. The lowest BCUT2D eigenvalue weighted by atomic mass is 9.97. The molecule has 2 aliphatic heterocycles. The number of methoxy groups -OCH3 is 1. The zero-order valence-electron chi connectivity index (χ0n) is 19.5. The molecule has 0 aromatic heterocycles. The van der Waals surface area contributed by atoms with Gasteiger partial charge in [-0.3, -0.25) is 4.79 Å². The SMILES string of the molecule is CCOc1ccc(S(=O)(=O)N2CCCC(C(=O)N3CC(C(=O)OC)Oc4ccccc43)C2)cc1Cl. The first-order valence-corrected chi connectivity index (χ1v) is 13.2. The number of fused-ring (bicyclic) bond motifs is 1. The maximum absolute atomic E-state index is 13.6. The molecule has 2 heterocycles. The van der Waals surface area contributed by atoms with Crippen molar-refractivity contribution in [2.24, 2.45) is 5.92 Å². The van der Waals surface area contributed by atoms with E-state index in [-0.39, 0.29) is 28.9 Å². The maximum Gasteiger partial charge on any atom is 0.348 e. The van der Waals surface area contributed by atoms with Crippen molar-refractivity contribution >= 4 is 39.2 Å². The van der Waals surface area contributed by atoms with Gasteiger partial charge in [0.25, 0.3) is 0 Å². The summed E-state index contributed by atoms with van der Waals surface area (Å²) in [6.07, 6.45) is 0.0812. The van der Waals surface area contributed by atoms with Crippen LogP contribution in [-0.2, 0) is 24.3 Å². The molecule has 4 rings (SSSR count). The molecule has 2 unspecified atom stereocenters. The molecule has 0 bridgehead atoms. The van der Waals surface area contributed by atoms with Gasteiger partial charge < -0.3 is 19.1 Å². The normalized spacial score (nSPS) is 20.5. The van der Waals surface area contributed by atoms with Crippen LogP contribution in [0.3, 0.4) is 0 Å². The molecular weight excluding hydrogens is 496 g/mol. The highest BCUT2D eigenvalue weighted by Crippen LogP contribution is 2.36. The molecule has 2 aromatic rings. The fourth-order valence-corrected chi connectivity index (χ4v) is 6.19. The van der Waals surface area contributed by atoms with Crippen molar-refractivity contribution in [2.45, 2.75) is 30.8 Å². The van der Waals surface area contributed by atoms with Crippen molar-refractivity contribution in [3.63, 3.8) is 0 Å². The van der Waals surface area contributed by atoms with Crippen molar-refractivity contribution in [2.75, 3.05) is 38.3 Å². The molecule has 0 saturated carbocycles. The van der Waals surface area contributed by atoms with Crippen LogP contribution in [0.25, 0.3) is 0 Å². The highest BCUT2D eigenvalue weighted by Gasteiger charge is 2.40. The van der Waals surface area contributed by atoms with E-state index in [1.54, 1.807) is 24.3 Å². The van der Waals surface area contributed by atoms with E-state index in [9.17, 15) is 18.0 Å². The molecule has 9 nitrogen and oxygen atoms in total. The Labute approximate surface area is 209 Å². The number of ether oxygens (including phenoxy) is 3. The van der Waals surface area contributed by atoms with Gasteiger partial charge in [0.2, 0.25) is 22.0 Å². The van der Waals surface area contributed by atoms with E-state index in [2.05, 4.69) is 0 Å². The maximum atomic E-state index is 13.6. The predicted octanol–water partition coefficient (Wildman–Crippen LogP) is 3.11. The highest BCUT2D eigenvalue weighted by atomic mass is 35.5. The van der Waals surface area contributed by atoms with Gasteiger partial charge in [-0.15, -0.1) is 0 Å². The van der Waals surface area contributed by atoms with Gasteiger partial charge in [0.1, 0.15) is 11.5 Å². The number of carbonyl (C=O) groups excluding carboxylic acids is 2. The van der Waals surface area contributed by atoms with Crippen molar-refractivity contribution in [3.8, 4) is 11.5 Å². The Morgan fingerprint density at radius 1 is 1.17 bits per heavy atom. The molecule has 2 aliphatic rings. The minimum absolute atomic E-state index is 0.0136. The average molecular weight is 523 g/mol. The first-order chi connectivity index (χ1) is 16.8. The van der Waals surface area contributed by atoms with Gasteiger partial charge >= 0.3 is 5.97 Å². The second kappa shape index (κ2) is 10.4. The standard InChI is InChI=1S/C24H27ClN2O7S/c1-3-33-20-11-10-17(13-18(20)25)35(30,31)26-12-6-7-16(14-26)23(28)27-15-22(24(29)32-2)34-21-9-5-4-8-19(21)27/h4-5,8-11,13,16,22H,3,6-7,12,14-15H2,1-2H3. The highest BCUT2D eigenvalue weighted by molar-refractivity contribution is 7.89. The number of hydrogen-bond acceptors (Lipinski definition) is 7. The molecular formula is C24H27ClN2O7S. The van der Waals surface area contributed by atoms with Crippen LogP contribution in [-0.4, -0.2) is 64.1 Å². The van der Waals surface area contributed by atoms with Crippen LogP contribution in [0.5, 0.6) is 11.5 Å². The largest absolute Gasteiger partial charge is 0.492 e. The molecule has 1 fully saturated rings. The van der Waals surface area contributed by atoms with E-state index in [0.29, 0.717) is 43.2 Å². The first kappa shape index (κ1) is 25.3. The first-order valence-electron chi connectivity index (χ1n) is 11.3. The molecule has 188 valence electrons. The number of nitrogens with zero attached hydrogens (tertiary/aromatic N) is 2. The number of anilines is 1. The fourth-order valence-electron chi connectivity index (χ4n) is 4.34. The smallest absolute Gasteiger partial charge is 0.348 e. The molecule has 35 heavy (non-hydrogen) atoms. The van der Waals surface area contributed by atoms with Crippen LogP contribution in [0.2, 0.25) is 5.02 Å². The van der Waals surface area contributed by atoms with Crippen molar-refractivity contribution in [1.82, 2.24) is 4.31 Å². The summed E-state index contributed by atoms with van der Waals surface area (Å²) < 4.78 is 44.0. The van der Waals surface area contributed by atoms with Gasteiger partial charge in [-0.05, 0) is 50.1 Å². The van der Waals surface area contributed by atoms with Crippen LogP contribution in [0.15, 0.2) is 47.4 Å². The Morgan fingerprint density at radius 3 is 2.66 bits per heavy atom. The van der Waals surface area contributed by atoms with Crippen LogP contribution in [0.4, 0.5) is 5.69 Å². The Hall–Kier alpha value is -2.82. The zero-order valence-corrected chi connectivity index (χ0v) is 21.0. The summed E-state index contributed by atoms with van der Waals surface area (Å²) in [5.41, 5.74) is 0.538. The summed E-state index contributed by atoms with van der Waals surface area (Å²) in [4.78, 5) is 27.3. The minimum Gasteiger partial charge on any atom is -0.492 e. The summed E-state index contributed by atoms with van der Waals surface area (Å²) in [5.74, 6) is -0.629. The molecule has 0 radical (unpaired) electrons. The quantitative estimate of drug-likeness (QED) is 0.537. The van der Waals surface area contributed by atoms with Gasteiger partial charge in [0.15, 0.2) is 0 Å². The summed E-state index contributed by atoms with van der Waals surface area (Å²) in [6.45, 7) is 2.52. The number of halogens is 1. The molecule has 1 saturated heterocycles. The topological polar surface area (TPSA) is 102 Å². The van der Waals surface area contributed by atoms with E-state index in [0.717, 1.165) is 0 Å². The van der Waals surface area contributed by atoms with E-state index in [1.807, 2.05) is 6.92 Å². The monoisotopic (exact) mass is 522 g/mol. The van der Waals surface area contributed by atoms with Gasteiger partial charge in [0, 0.05) is 13.1 Å². The van der Waals surface area contributed by atoms with Gasteiger partial charge in [-0.1, -0.05) is 23.7 Å². The zero-order chi connectivity index (χ0) is 25.2. The number of carbonyl (C=O) groups is 2. The van der Waals surface area contributed by atoms with Crippen molar-refractivity contribution in [3.05, 3.63) is 47.5 Å². The number of esters is 1. The number of sulfonamides is 1. The van der Waals surface area contributed by atoms with E-state index in [1.165, 1.54) is 34.5 Å². The van der Waals surface area contributed by atoms with E-state index in [4.69, 9.17) is 25.8 Å². The molecule has 0 N–H and O–H groups in total. The third-order valence-corrected chi connectivity index (χ3v) is 8.23. The second-order valence-corrected chi connectivity index (χ2v) is 10.6. The summed E-state index contributed by atoms with van der Waals surface area (Å²) >= 11 is 6.21. The minimum atomic E-state index is -3.88. The number of rotatable bonds is 6. The van der Waals surface area contributed by atoms with Gasteiger partial charge in [0.05, 0.1) is 41.8 Å². The molecule has 11 heteroatoms. The lowest BCUT2D eigenvalue weighted by molar-refractivity contribution is -0.148. The lowest BCUT2D eigenvalue weighted by Crippen LogP contribution is -2.52. The molecule has 2 atom stereocenters. The van der Waals surface area contributed by atoms with Gasteiger partial charge in [-0.25, -0.2) is 13.2 Å². The number of hydrogen-bond donors (Lipinski definition) is 0. The summed E-state index contributed by atoms with van der Waals surface area (Å²) in [5, 5.41) is 0.205. The van der Waals surface area contributed by atoms with E-state index < -0.39 is 28.0 Å². The Balaban J connectivity index is 1.56. The second-order valence-electron chi connectivity index (χ2n) is 8.27. The summed E-state index contributed by atoms with van der Waals surface area (Å²) in [6, 6.07) is 11.3. The van der Waals surface area contributed by atoms with Gasteiger partial charge in [-0.2, -0.15) is 4.31 Å². The Kier molecular flexibility index (Phi) is 7.53. The van der Waals surface area contributed by atoms with Crippen LogP contribution in [0.1, 0.15) is 19.8 Å². The predicted molar refractivity (Wildman–Crippen MR) is 129 cm³/mol. The lowest BCUT2D eigenvalue weighted by Gasteiger charge is -2.38. The van der Waals surface area contributed by atoms with Crippen molar-refractivity contribution < 1.29 is 32.2 Å². The van der Waals surface area contributed by atoms with Crippen LogP contribution in [0, 0.1) is 5.92 Å². The summed E-state index contributed by atoms with van der Waals surface area (Å²) in [7, 11) is -2.62. The number of amides is 1. The third kappa shape index (κ3) is 5.10. The number of para-hydroxylation sites is 2. The molecule has 0 spiro atoms. The third-order valence-electron chi connectivity index (χ3n) is 6.08. The molecule has 0 aliphatic carbocycles. The van der Waals surface area contributed by atoms with Crippen molar-refractivity contribution in [1.29, 1.82) is 0 Å². The van der Waals surface area contributed by atoms with Crippen LogP contribution < -0.4 is 14.4 Å². The van der Waals surface area contributed by atoms with Crippen LogP contribution >= 0.6 is 11.6 Å². The Morgan fingerprint density at radius 2 is 1.94 bits per heavy atom.